The van der Waals surface area contributed by atoms with Crippen LogP contribution in [0.15, 0.2) is 72.8 Å². The van der Waals surface area contributed by atoms with Gasteiger partial charge in [0.25, 0.3) is 0 Å². The topological polar surface area (TPSA) is 0 Å². The molecule has 0 aromatic heterocycles. The van der Waals surface area contributed by atoms with E-state index in [0.717, 1.165) is 6.42 Å². The Kier molecular flexibility index (Phi) is 4.74. The zero-order valence-electron chi connectivity index (χ0n) is 11.6. The molecule has 0 nitrogen and oxygen atoms in total. The summed E-state index contributed by atoms with van der Waals surface area (Å²) in [5.41, 5.74) is 5.25. The molecule has 0 bridgehead atoms. The molecule has 0 unspecified atom stereocenters. The minimum absolute atomic E-state index is 1.04. The molecule has 2 rings (SSSR count). The van der Waals surface area contributed by atoms with Crippen molar-refractivity contribution in [1.82, 2.24) is 0 Å². The van der Waals surface area contributed by atoms with Crippen LogP contribution >= 0.6 is 0 Å². The van der Waals surface area contributed by atoms with E-state index in [-0.39, 0.29) is 0 Å². The van der Waals surface area contributed by atoms with Gasteiger partial charge in [0, 0.05) is 0 Å². The first kappa shape index (κ1) is 13.4. The average molecular weight is 248 g/mol. The van der Waals surface area contributed by atoms with E-state index in [2.05, 4.69) is 80.6 Å². The lowest BCUT2D eigenvalue weighted by Crippen LogP contribution is -1.82. The number of hydrogen-bond acceptors (Lipinski definition) is 0. The van der Waals surface area contributed by atoms with Gasteiger partial charge in [-0.25, -0.2) is 0 Å². The third-order valence-corrected chi connectivity index (χ3v) is 3.29. The molecule has 0 N–H and O–H groups in total. The fourth-order valence-electron chi connectivity index (χ4n) is 2.09. The lowest BCUT2D eigenvalue weighted by atomic mass is 10.0. The van der Waals surface area contributed by atoms with Crippen molar-refractivity contribution >= 4 is 11.1 Å². The minimum Gasteiger partial charge on any atom is -0.0622 e. The molecule has 0 aliphatic heterocycles. The first-order chi connectivity index (χ1) is 9.31. The van der Waals surface area contributed by atoms with Crippen molar-refractivity contribution in [2.45, 2.75) is 20.3 Å². The molecule has 0 aliphatic carbocycles. The van der Waals surface area contributed by atoms with Gasteiger partial charge < -0.3 is 0 Å². The van der Waals surface area contributed by atoms with Gasteiger partial charge in [-0.3, -0.25) is 0 Å². The van der Waals surface area contributed by atoms with Crippen molar-refractivity contribution in [3.63, 3.8) is 0 Å². The second-order valence-electron chi connectivity index (χ2n) is 4.63. The van der Waals surface area contributed by atoms with Gasteiger partial charge in [0.1, 0.15) is 0 Å². The number of allylic oxidation sites excluding steroid dienone is 4. The Hall–Kier alpha value is -2.08. The van der Waals surface area contributed by atoms with E-state index in [9.17, 15) is 0 Å². The van der Waals surface area contributed by atoms with Crippen molar-refractivity contribution in [2.24, 2.45) is 0 Å². The molecule has 0 heterocycles. The third-order valence-electron chi connectivity index (χ3n) is 3.29. The van der Waals surface area contributed by atoms with Crippen LogP contribution in [0.2, 0.25) is 0 Å². The van der Waals surface area contributed by atoms with Crippen LogP contribution in [0.3, 0.4) is 0 Å². The molecule has 0 atom stereocenters. The van der Waals surface area contributed by atoms with Crippen LogP contribution in [0.25, 0.3) is 11.1 Å². The van der Waals surface area contributed by atoms with Crippen LogP contribution in [0, 0.1) is 0 Å². The van der Waals surface area contributed by atoms with E-state index < -0.39 is 0 Å². The maximum atomic E-state index is 2.23. The van der Waals surface area contributed by atoms with Crippen LogP contribution < -0.4 is 0 Å². The van der Waals surface area contributed by atoms with E-state index in [1.165, 1.54) is 22.3 Å². The van der Waals surface area contributed by atoms with E-state index in [0.29, 0.717) is 0 Å². The number of rotatable bonds is 4. The monoisotopic (exact) mass is 248 g/mol. The Balaban J connectivity index is 2.25. The van der Waals surface area contributed by atoms with Crippen molar-refractivity contribution in [2.75, 3.05) is 0 Å². The molecule has 19 heavy (non-hydrogen) atoms. The summed E-state index contributed by atoms with van der Waals surface area (Å²) in [6.45, 7) is 4.36. The van der Waals surface area contributed by atoms with Crippen LogP contribution in [-0.2, 0) is 0 Å². The largest absolute Gasteiger partial charge is 0.0622 e. The molecule has 0 aliphatic rings. The lowest BCUT2D eigenvalue weighted by molar-refractivity contribution is 1.24. The standard InChI is InChI=1S/C19H20/c1-3-17(19-12-8-5-9-13-19)15-14-16(2)18-10-6-4-7-11-18/h4-15H,3H2,1-2H3/b16-14+,17-15+. The third kappa shape index (κ3) is 3.69. The summed E-state index contributed by atoms with van der Waals surface area (Å²) in [7, 11) is 0. The van der Waals surface area contributed by atoms with Crippen molar-refractivity contribution in [3.8, 4) is 0 Å². The summed E-state index contributed by atoms with van der Waals surface area (Å²) < 4.78 is 0. The average Bonchev–Trinajstić information content (AvgIpc) is 2.49. The Morgan fingerprint density at radius 2 is 1.32 bits per heavy atom. The Labute approximate surface area is 116 Å². The van der Waals surface area contributed by atoms with Gasteiger partial charge >= 0.3 is 0 Å². The first-order valence-corrected chi connectivity index (χ1v) is 6.79. The zero-order valence-corrected chi connectivity index (χ0v) is 11.6. The number of benzene rings is 2. The molecular weight excluding hydrogens is 228 g/mol. The molecule has 0 amide bonds. The molecular formula is C19H20. The van der Waals surface area contributed by atoms with Gasteiger partial charge in [-0.2, -0.15) is 0 Å². The summed E-state index contributed by atoms with van der Waals surface area (Å²) in [4.78, 5) is 0. The molecule has 0 fully saturated rings. The number of hydrogen-bond donors (Lipinski definition) is 0. The van der Waals surface area contributed by atoms with Crippen LogP contribution in [0.1, 0.15) is 31.4 Å². The quantitative estimate of drug-likeness (QED) is 0.619. The van der Waals surface area contributed by atoms with E-state index in [1.54, 1.807) is 0 Å². The predicted octanol–water partition coefficient (Wildman–Crippen LogP) is 5.58. The van der Waals surface area contributed by atoms with Crippen molar-refractivity contribution in [1.29, 1.82) is 0 Å². The van der Waals surface area contributed by atoms with Gasteiger partial charge in [0.05, 0.1) is 0 Å². The predicted molar refractivity (Wildman–Crippen MR) is 84.8 cm³/mol. The summed E-state index contributed by atoms with van der Waals surface area (Å²) in [6.07, 6.45) is 5.49. The Bertz CT molecular complexity index is 560. The molecule has 0 radical (unpaired) electrons. The lowest BCUT2D eigenvalue weighted by Gasteiger charge is -2.04. The fourth-order valence-corrected chi connectivity index (χ4v) is 2.09. The summed E-state index contributed by atoms with van der Waals surface area (Å²) >= 11 is 0. The van der Waals surface area contributed by atoms with Gasteiger partial charge in [0.15, 0.2) is 0 Å². The first-order valence-electron chi connectivity index (χ1n) is 6.79. The van der Waals surface area contributed by atoms with E-state index in [1.807, 2.05) is 6.07 Å². The normalized spacial score (nSPS) is 12.5. The van der Waals surface area contributed by atoms with E-state index >= 15 is 0 Å². The molecule has 2 aromatic carbocycles. The second-order valence-corrected chi connectivity index (χ2v) is 4.63. The van der Waals surface area contributed by atoms with Gasteiger partial charge in [-0.05, 0) is 35.6 Å². The minimum atomic E-state index is 1.04. The van der Waals surface area contributed by atoms with Crippen molar-refractivity contribution < 1.29 is 0 Å². The van der Waals surface area contributed by atoms with E-state index in [4.69, 9.17) is 0 Å². The SMILES string of the molecule is CC/C(=C\C=C(/C)c1ccccc1)c1ccccc1. The van der Waals surface area contributed by atoms with Crippen LogP contribution in [-0.4, -0.2) is 0 Å². The van der Waals surface area contributed by atoms with Gasteiger partial charge in [-0.15, -0.1) is 0 Å². The highest BCUT2D eigenvalue weighted by Gasteiger charge is 1.97. The fraction of sp³-hybridized carbons (Fsp3) is 0.158. The van der Waals surface area contributed by atoms with Crippen LogP contribution in [0.5, 0.6) is 0 Å². The Morgan fingerprint density at radius 3 is 1.84 bits per heavy atom. The zero-order chi connectivity index (χ0) is 13.5. The smallest absolute Gasteiger partial charge is 0.0225 e. The molecule has 0 saturated heterocycles. The highest BCUT2D eigenvalue weighted by Crippen LogP contribution is 2.19. The summed E-state index contributed by atoms with van der Waals surface area (Å²) in [5, 5.41) is 0. The van der Waals surface area contributed by atoms with Crippen molar-refractivity contribution in [3.05, 3.63) is 83.9 Å². The maximum absolute atomic E-state index is 2.23. The molecule has 0 heteroatoms. The van der Waals surface area contributed by atoms with Gasteiger partial charge in [-0.1, -0.05) is 79.7 Å². The molecule has 96 valence electrons. The van der Waals surface area contributed by atoms with Crippen LogP contribution in [0.4, 0.5) is 0 Å². The Morgan fingerprint density at radius 1 is 0.789 bits per heavy atom. The highest BCUT2D eigenvalue weighted by molar-refractivity contribution is 5.72. The molecule has 0 spiro atoms. The highest BCUT2D eigenvalue weighted by atomic mass is 14.0. The summed E-state index contributed by atoms with van der Waals surface area (Å²) in [5.74, 6) is 0. The maximum Gasteiger partial charge on any atom is -0.0225 e. The van der Waals surface area contributed by atoms with Gasteiger partial charge in [0.2, 0.25) is 0 Å². The summed E-state index contributed by atoms with van der Waals surface area (Å²) in [6, 6.07) is 21.1. The second kappa shape index (κ2) is 6.75. The molecule has 0 saturated carbocycles. The molecule has 2 aromatic rings.